The average Bonchev–Trinajstić information content (AvgIpc) is 2.86. The number of anilines is 2. The summed E-state index contributed by atoms with van der Waals surface area (Å²) in [6.07, 6.45) is 0.972. The molecule has 1 aromatic heterocycles. The number of para-hydroxylation sites is 2. The van der Waals surface area contributed by atoms with E-state index in [9.17, 15) is 9.59 Å². The van der Waals surface area contributed by atoms with Gasteiger partial charge in [-0.05, 0) is 19.1 Å². The molecule has 2 aromatic rings. The van der Waals surface area contributed by atoms with E-state index in [0.29, 0.717) is 17.1 Å². The van der Waals surface area contributed by atoms with Crippen LogP contribution in [-0.2, 0) is 4.79 Å². The van der Waals surface area contributed by atoms with Crippen molar-refractivity contribution in [3.05, 3.63) is 42.1 Å². The summed E-state index contributed by atoms with van der Waals surface area (Å²) < 4.78 is 5.08. The van der Waals surface area contributed by atoms with Crippen LogP contribution >= 0.6 is 0 Å². The highest BCUT2D eigenvalue weighted by Crippen LogP contribution is 2.25. The second kappa shape index (κ2) is 6.08. The molecule has 1 aromatic carbocycles. The van der Waals surface area contributed by atoms with E-state index >= 15 is 0 Å². The smallest absolute Gasteiger partial charge is 0.305 e. The molecule has 0 spiro atoms. The number of nitrogens with two attached hydrogens (primary N) is 1. The Morgan fingerprint density at radius 2 is 2.10 bits per heavy atom. The van der Waals surface area contributed by atoms with Crippen molar-refractivity contribution < 1.29 is 19.1 Å². The van der Waals surface area contributed by atoms with Gasteiger partial charge in [-0.2, -0.15) is 0 Å². The van der Waals surface area contributed by atoms with Crippen molar-refractivity contribution in [1.82, 2.24) is 4.98 Å². The number of nitrogen functional groups attached to an aromatic ring is 1. The van der Waals surface area contributed by atoms with Gasteiger partial charge in [-0.1, -0.05) is 12.1 Å². The van der Waals surface area contributed by atoms with E-state index in [2.05, 4.69) is 4.98 Å². The van der Waals surface area contributed by atoms with Crippen molar-refractivity contribution >= 4 is 23.3 Å². The molecular formula is C14H15N3O4. The van der Waals surface area contributed by atoms with Gasteiger partial charge >= 0.3 is 5.97 Å². The lowest BCUT2D eigenvalue weighted by molar-refractivity contribution is -0.136. The fourth-order valence-electron chi connectivity index (χ4n) is 1.90. The van der Waals surface area contributed by atoms with Crippen molar-refractivity contribution in [3.63, 3.8) is 0 Å². The Morgan fingerprint density at radius 1 is 1.38 bits per heavy atom. The summed E-state index contributed by atoms with van der Waals surface area (Å²) in [5.74, 6) is -1.40. The van der Waals surface area contributed by atoms with E-state index in [1.165, 1.54) is 11.3 Å². The molecule has 0 aliphatic rings. The summed E-state index contributed by atoms with van der Waals surface area (Å²) in [6.45, 7) is 1.63. The second-order valence-corrected chi connectivity index (χ2v) is 4.43. The summed E-state index contributed by atoms with van der Waals surface area (Å²) in [7, 11) is 0. The number of hydrogen-bond donors (Lipinski definition) is 2. The zero-order valence-corrected chi connectivity index (χ0v) is 11.4. The first-order valence-electron chi connectivity index (χ1n) is 6.29. The highest BCUT2D eigenvalue weighted by molar-refractivity contribution is 6.06. The number of carboxylic acid groups (broad SMARTS) is 1. The Labute approximate surface area is 121 Å². The van der Waals surface area contributed by atoms with Crippen LogP contribution in [0.1, 0.15) is 22.7 Å². The van der Waals surface area contributed by atoms with Crippen LogP contribution in [0.4, 0.5) is 11.4 Å². The fraction of sp³-hybridized carbons (Fsp3) is 0.214. The summed E-state index contributed by atoms with van der Waals surface area (Å²) in [5, 5.41) is 8.84. The Bertz CT molecular complexity index is 666. The maximum atomic E-state index is 12.5. The molecule has 2 rings (SSSR count). The molecule has 7 heteroatoms. The average molecular weight is 289 g/mol. The predicted molar refractivity (Wildman–Crippen MR) is 76.0 cm³/mol. The van der Waals surface area contributed by atoms with Crippen LogP contribution in [0.25, 0.3) is 0 Å². The molecule has 7 nitrogen and oxygen atoms in total. The number of aryl methyl sites for hydroxylation is 1. The van der Waals surface area contributed by atoms with E-state index in [1.807, 2.05) is 0 Å². The van der Waals surface area contributed by atoms with Gasteiger partial charge in [0.25, 0.3) is 5.91 Å². The molecule has 0 radical (unpaired) electrons. The Hall–Kier alpha value is -2.83. The third-order valence-corrected chi connectivity index (χ3v) is 2.96. The zero-order chi connectivity index (χ0) is 15.4. The van der Waals surface area contributed by atoms with E-state index in [0.717, 1.165) is 0 Å². The molecular weight excluding hydrogens is 274 g/mol. The summed E-state index contributed by atoms with van der Waals surface area (Å²) in [6, 6.07) is 6.75. The van der Waals surface area contributed by atoms with Gasteiger partial charge in [0.1, 0.15) is 0 Å². The first-order valence-corrected chi connectivity index (χ1v) is 6.29. The van der Waals surface area contributed by atoms with Crippen molar-refractivity contribution in [2.45, 2.75) is 13.3 Å². The molecule has 0 aliphatic heterocycles. The number of oxazole rings is 1. The Morgan fingerprint density at radius 3 is 2.67 bits per heavy atom. The number of nitrogens with zero attached hydrogens (tertiary/aromatic N) is 2. The monoisotopic (exact) mass is 289 g/mol. The minimum atomic E-state index is -1.00. The van der Waals surface area contributed by atoms with Crippen LogP contribution in [0, 0.1) is 6.92 Å². The van der Waals surface area contributed by atoms with Crippen LogP contribution < -0.4 is 10.6 Å². The maximum absolute atomic E-state index is 12.5. The van der Waals surface area contributed by atoms with E-state index < -0.39 is 11.9 Å². The number of rotatable bonds is 5. The molecule has 21 heavy (non-hydrogen) atoms. The number of carbonyl (C=O) groups is 2. The number of aromatic nitrogens is 1. The molecule has 1 amide bonds. The fourth-order valence-corrected chi connectivity index (χ4v) is 1.90. The minimum absolute atomic E-state index is 0.0114. The summed E-state index contributed by atoms with van der Waals surface area (Å²) in [4.78, 5) is 28.5. The number of amides is 1. The van der Waals surface area contributed by atoms with Gasteiger partial charge in [0.05, 0.1) is 23.5 Å². The van der Waals surface area contributed by atoms with E-state index in [-0.39, 0.29) is 18.7 Å². The van der Waals surface area contributed by atoms with Gasteiger partial charge in [0.15, 0.2) is 6.39 Å². The molecule has 0 saturated carbocycles. The van der Waals surface area contributed by atoms with Crippen LogP contribution in [0.2, 0.25) is 0 Å². The number of aliphatic carboxylic acids is 1. The lowest BCUT2D eigenvalue weighted by Crippen LogP contribution is -2.33. The minimum Gasteiger partial charge on any atom is -0.481 e. The molecule has 3 N–H and O–H groups in total. The number of hydrogen-bond acceptors (Lipinski definition) is 5. The molecule has 0 fully saturated rings. The topological polar surface area (TPSA) is 110 Å². The molecule has 0 atom stereocenters. The number of carboxylic acids is 1. The lowest BCUT2D eigenvalue weighted by Gasteiger charge is -2.22. The van der Waals surface area contributed by atoms with Crippen LogP contribution in [0.5, 0.6) is 0 Å². The van der Waals surface area contributed by atoms with Crippen molar-refractivity contribution in [2.24, 2.45) is 0 Å². The number of carbonyl (C=O) groups excluding carboxylic acids is 1. The van der Waals surface area contributed by atoms with Gasteiger partial charge in [-0.3, -0.25) is 9.59 Å². The SMILES string of the molecule is Cc1ncoc1C(=O)N(CCC(=O)O)c1ccccc1N. The zero-order valence-electron chi connectivity index (χ0n) is 11.4. The predicted octanol–water partition coefficient (Wildman–Crippen LogP) is 1.69. The molecule has 1 heterocycles. The van der Waals surface area contributed by atoms with Crippen molar-refractivity contribution in [3.8, 4) is 0 Å². The van der Waals surface area contributed by atoms with Gasteiger partial charge in [0.2, 0.25) is 5.76 Å². The van der Waals surface area contributed by atoms with Crippen LogP contribution in [0.3, 0.4) is 0 Å². The maximum Gasteiger partial charge on any atom is 0.305 e. The third kappa shape index (κ3) is 3.19. The van der Waals surface area contributed by atoms with Crippen LogP contribution in [0.15, 0.2) is 35.1 Å². The Kier molecular flexibility index (Phi) is 4.22. The number of benzene rings is 1. The molecule has 0 unspecified atom stereocenters. The van der Waals surface area contributed by atoms with Gasteiger partial charge < -0.3 is 20.2 Å². The largest absolute Gasteiger partial charge is 0.481 e. The Balaban J connectivity index is 2.37. The highest BCUT2D eigenvalue weighted by atomic mass is 16.4. The standard InChI is InChI=1S/C14H15N3O4/c1-9-13(21-8-16-9)14(20)17(7-6-12(18)19)11-5-3-2-4-10(11)15/h2-5,8H,6-7,15H2,1H3,(H,18,19). The summed E-state index contributed by atoms with van der Waals surface area (Å²) in [5.41, 5.74) is 7.14. The molecule has 0 aliphatic carbocycles. The quantitative estimate of drug-likeness (QED) is 0.810. The first kappa shape index (κ1) is 14.6. The van der Waals surface area contributed by atoms with Crippen molar-refractivity contribution in [1.29, 1.82) is 0 Å². The van der Waals surface area contributed by atoms with Crippen molar-refractivity contribution in [2.75, 3.05) is 17.2 Å². The lowest BCUT2D eigenvalue weighted by atomic mass is 10.2. The molecule has 110 valence electrons. The highest BCUT2D eigenvalue weighted by Gasteiger charge is 2.24. The third-order valence-electron chi connectivity index (χ3n) is 2.96. The van der Waals surface area contributed by atoms with Gasteiger partial charge in [-0.15, -0.1) is 0 Å². The second-order valence-electron chi connectivity index (χ2n) is 4.43. The van der Waals surface area contributed by atoms with E-state index in [1.54, 1.807) is 31.2 Å². The normalized spacial score (nSPS) is 10.3. The van der Waals surface area contributed by atoms with Gasteiger partial charge in [0, 0.05) is 6.54 Å². The molecule has 0 saturated heterocycles. The first-order chi connectivity index (χ1) is 10.0. The molecule has 0 bridgehead atoms. The summed E-state index contributed by atoms with van der Waals surface area (Å²) >= 11 is 0. The van der Waals surface area contributed by atoms with Gasteiger partial charge in [-0.25, -0.2) is 4.98 Å². The van der Waals surface area contributed by atoms with Crippen LogP contribution in [-0.4, -0.2) is 28.5 Å². The van der Waals surface area contributed by atoms with E-state index in [4.69, 9.17) is 15.3 Å².